The molecule has 0 saturated heterocycles. The van der Waals surface area contributed by atoms with E-state index in [0.717, 1.165) is 106 Å². The van der Waals surface area contributed by atoms with Gasteiger partial charge in [-0.3, -0.25) is 0 Å². The Bertz CT molecular complexity index is 692. The van der Waals surface area contributed by atoms with Crippen molar-refractivity contribution in [3.8, 4) is 0 Å². The quantitative estimate of drug-likeness (QED) is 0.199. The van der Waals surface area contributed by atoms with Gasteiger partial charge in [0.25, 0.3) is 0 Å². The maximum Gasteiger partial charge on any atom is 0.309 e. The first kappa shape index (κ1) is 28.4. The molecule has 0 saturated carbocycles. The average Bonchev–Trinajstić information content (AvgIpc) is 2.71. The van der Waals surface area contributed by atoms with Gasteiger partial charge in [0, 0.05) is 23.3 Å². The monoisotopic (exact) mass is 480 g/mol. The van der Waals surface area contributed by atoms with Gasteiger partial charge in [0.2, 0.25) is 0 Å². The second-order valence-electron chi connectivity index (χ2n) is 8.36. The van der Waals surface area contributed by atoms with Gasteiger partial charge < -0.3 is 0 Å². The minimum atomic E-state index is -4.30. The summed E-state index contributed by atoms with van der Waals surface area (Å²) in [5.41, 5.74) is 0. The molecule has 0 aliphatic rings. The molecular weight excluding hydrogens is 438 g/mol. The molecule has 0 radical (unpaired) electrons. The van der Waals surface area contributed by atoms with E-state index in [-0.39, 0.29) is 0 Å². The van der Waals surface area contributed by atoms with Crippen LogP contribution in [0.3, 0.4) is 0 Å². The highest BCUT2D eigenvalue weighted by Crippen LogP contribution is 2.54. The summed E-state index contributed by atoms with van der Waals surface area (Å²) in [4.78, 5) is -0.554. The number of unbranched alkanes of at least 4 members (excludes halogenated alkanes) is 9. The number of rotatable bonds is 18. The zero-order chi connectivity index (χ0) is 23.2. The minimum Gasteiger partial charge on any atom is -0.216 e. The molecule has 0 fully saturated rings. The number of benzene rings is 1. The lowest BCUT2D eigenvalue weighted by molar-refractivity contribution is 0.490. The summed E-state index contributed by atoms with van der Waals surface area (Å²) in [6, 6.07) is 2.56. The molecule has 3 nitrogen and oxygen atoms in total. The lowest BCUT2D eigenvalue weighted by Gasteiger charge is -2.39. The fourth-order valence-electron chi connectivity index (χ4n) is 3.69. The van der Waals surface area contributed by atoms with Gasteiger partial charge in [-0.25, -0.2) is 12.4 Å². The summed E-state index contributed by atoms with van der Waals surface area (Å²) >= 11 is 0. The van der Waals surface area contributed by atoms with Gasteiger partial charge in [0.05, 0.1) is 0 Å². The van der Waals surface area contributed by atoms with E-state index in [0.29, 0.717) is 6.07 Å². The van der Waals surface area contributed by atoms with Gasteiger partial charge in [-0.2, -0.15) is 8.42 Å². The van der Waals surface area contributed by atoms with Crippen molar-refractivity contribution >= 4 is 20.4 Å². The van der Waals surface area contributed by atoms with Crippen molar-refractivity contribution in [2.45, 2.75) is 103 Å². The van der Waals surface area contributed by atoms with Gasteiger partial charge in [0.15, 0.2) is 0 Å². The molecule has 7 heteroatoms. The van der Waals surface area contributed by atoms with Crippen LogP contribution in [0.1, 0.15) is 97.8 Å². The summed E-state index contributed by atoms with van der Waals surface area (Å²) in [6.45, 7) is 6.44. The smallest absolute Gasteiger partial charge is 0.216 e. The third kappa shape index (κ3) is 10.7. The van der Waals surface area contributed by atoms with Crippen LogP contribution in [-0.4, -0.2) is 25.7 Å². The first-order valence-corrected chi connectivity index (χ1v) is 15.4. The van der Waals surface area contributed by atoms with Crippen molar-refractivity contribution in [3.63, 3.8) is 0 Å². The predicted molar refractivity (Wildman–Crippen MR) is 129 cm³/mol. The fraction of sp³-hybridized carbons (Fsp3) is 0.750. The molecule has 0 unspecified atom stereocenters. The second-order valence-corrected chi connectivity index (χ2v) is 13.4. The Morgan fingerprint density at radius 1 is 0.710 bits per heavy atom. The Labute approximate surface area is 191 Å². The SMILES string of the molecule is CCCCCCS(CCCCCC)(CCCCCC)OS(=O)(=O)c1ccc(F)cc1F. The van der Waals surface area contributed by atoms with E-state index in [1.165, 1.54) is 0 Å². The van der Waals surface area contributed by atoms with Gasteiger partial charge in [-0.05, 0) is 31.4 Å². The summed E-state index contributed by atoms with van der Waals surface area (Å²) in [5.74, 6) is 0.304. The molecule has 0 aliphatic heterocycles. The number of hydrogen-bond acceptors (Lipinski definition) is 3. The van der Waals surface area contributed by atoms with Gasteiger partial charge in [-0.1, -0.05) is 78.6 Å². The second kappa shape index (κ2) is 15.2. The van der Waals surface area contributed by atoms with Crippen molar-refractivity contribution in [3.05, 3.63) is 29.8 Å². The fourth-order valence-corrected chi connectivity index (χ4v) is 9.65. The van der Waals surface area contributed by atoms with Crippen LogP contribution in [0.4, 0.5) is 8.78 Å². The van der Waals surface area contributed by atoms with Crippen LogP contribution in [-0.2, 0) is 13.7 Å². The summed E-state index contributed by atoms with van der Waals surface area (Å²) in [5, 5.41) is 0. The molecule has 0 heterocycles. The molecule has 0 spiro atoms. The highest BCUT2D eigenvalue weighted by Gasteiger charge is 2.33. The first-order valence-electron chi connectivity index (χ1n) is 12.0. The summed E-state index contributed by atoms with van der Waals surface area (Å²) in [7, 11) is -6.22. The molecule has 1 aromatic carbocycles. The van der Waals surface area contributed by atoms with E-state index in [4.69, 9.17) is 3.63 Å². The third-order valence-electron chi connectivity index (χ3n) is 5.51. The van der Waals surface area contributed by atoms with Crippen LogP contribution in [0.5, 0.6) is 0 Å². The van der Waals surface area contributed by atoms with Crippen molar-refractivity contribution in [1.29, 1.82) is 0 Å². The van der Waals surface area contributed by atoms with Crippen LogP contribution in [0.25, 0.3) is 0 Å². The van der Waals surface area contributed by atoms with E-state index in [2.05, 4.69) is 20.8 Å². The van der Waals surface area contributed by atoms with Crippen molar-refractivity contribution in [2.24, 2.45) is 0 Å². The zero-order valence-corrected chi connectivity index (χ0v) is 21.3. The molecule has 31 heavy (non-hydrogen) atoms. The predicted octanol–water partition coefficient (Wildman–Crippen LogP) is 8.13. The van der Waals surface area contributed by atoms with Gasteiger partial charge in [-0.15, -0.1) is 10.3 Å². The van der Waals surface area contributed by atoms with Crippen LogP contribution in [0.2, 0.25) is 0 Å². The standard InChI is InChI=1S/C24H42F2O3S2/c1-4-7-10-13-18-30(19-14-11-8-5-2,20-15-12-9-6-3)29-31(27,28)24-17-16-22(25)21-23(24)26/h16-17,21H,4-15,18-20H2,1-3H3. The Balaban J connectivity index is 3.13. The summed E-state index contributed by atoms with van der Waals surface area (Å²) < 4.78 is 59.7. The maximum absolute atomic E-state index is 14.3. The minimum absolute atomic E-state index is 0.554. The van der Waals surface area contributed by atoms with Gasteiger partial charge in [0.1, 0.15) is 16.5 Å². The largest absolute Gasteiger partial charge is 0.309 e. The van der Waals surface area contributed by atoms with Crippen LogP contribution in [0, 0.1) is 11.6 Å². The van der Waals surface area contributed by atoms with E-state index < -0.39 is 37.0 Å². The first-order chi connectivity index (χ1) is 14.8. The molecular formula is C24H42F2O3S2. The van der Waals surface area contributed by atoms with Crippen molar-refractivity contribution < 1.29 is 20.8 Å². The van der Waals surface area contributed by atoms with E-state index in [1.807, 2.05) is 0 Å². The Hall–Kier alpha value is -0.660. The average molecular weight is 481 g/mol. The highest BCUT2D eigenvalue weighted by molar-refractivity contribution is 8.33. The van der Waals surface area contributed by atoms with Crippen LogP contribution < -0.4 is 0 Å². The van der Waals surface area contributed by atoms with E-state index in [9.17, 15) is 17.2 Å². The third-order valence-corrected chi connectivity index (χ3v) is 11.3. The molecule has 182 valence electrons. The molecule has 0 bridgehead atoms. The molecule has 0 aromatic heterocycles. The topological polar surface area (TPSA) is 43.4 Å². The molecule has 0 aliphatic carbocycles. The lowest BCUT2D eigenvalue weighted by Crippen LogP contribution is -2.22. The van der Waals surface area contributed by atoms with Crippen molar-refractivity contribution in [2.75, 3.05) is 17.3 Å². The maximum atomic E-state index is 14.3. The molecule has 1 rings (SSSR count). The summed E-state index contributed by atoms with van der Waals surface area (Å²) in [6.07, 6.45) is 12.6. The van der Waals surface area contributed by atoms with Gasteiger partial charge >= 0.3 is 10.1 Å². The zero-order valence-electron chi connectivity index (χ0n) is 19.6. The molecule has 0 N–H and O–H groups in total. The van der Waals surface area contributed by atoms with E-state index in [1.54, 1.807) is 0 Å². The van der Waals surface area contributed by atoms with E-state index >= 15 is 0 Å². The molecule has 0 amide bonds. The van der Waals surface area contributed by atoms with Crippen LogP contribution in [0.15, 0.2) is 23.1 Å². The Kier molecular flexibility index (Phi) is 13.9. The molecule has 1 aromatic rings. The highest BCUT2D eigenvalue weighted by atomic mass is 32.3. The number of hydrogen-bond donors (Lipinski definition) is 0. The number of halogens is 2. The van der Waals surface area contributed by atoms with Crippen molar-refractivity contribution in [1.82, 2.24) is 0 Å². The van der Waals surface area contributed by atoms with Crippen LogP contribution >= 0.6 is 10.3 Å². The molecule has 0 atom stereocenters. The Morgan fingerprint density at radius 2 is 1.16 bits per heavy atom. The lowest BCUT2D eigenvalue weighted by atomic mass is 10.2. The normalized spacial score (nSPS) is 12.9. The Morgan fingerprint density at radius 3 is 1.55 bits per heavy atom.